The fourth-order valence-corrected chi connectivity index (χ4v) is 3.60. The van der Waals surface area contributed by atoms with Crippen LogP contribution in [-0.4, -0.2) is 23.9 Å². The number of carbonyl (C=O) groups is 1. The van der Waals surface area contributed by atoms with Crippen molar-refractivity contribution in [2.24, 2.45) is 0 Å². The summed E-state index contributed by atoms with van der Waals surface area (Å²) < 4.78 is 32.1. The lowest BCUT2D eigenvalue weighted by atomic mass is 9.98. The van der Waals surface area contributed by atoms with Crippen LogP contribution in [-0.2, 0) is 13.0 Å². The molecule has 0 radical (unpaired) electrons. The monoisotopic (exact) mass is 382 g/mol. The molecule has 144 valence electrons. The van der Waals surface area contributed by atoms with Gasteiger partial charge in [-0.25, -0.2) is 8.78 Å². The van der Waals surface area contributed by atoms with Crippen molar-refractivity contribution in [3.8, 4) is 0 Å². The van der Waals surface area contributed by atoms with Crippen molar-refractivity contribution in [1.82, 2.24) is 10.2 Å². The highest BCUT2D eigenvalue weighted by Crippen LogP contribution is 2.28. The molecule has 0 saturated carbocycles. The molecule has 1 aliphatic rings. The van der Waals surface area contributed by atoms with Crippen LogP contribution in [0.1, 0.15) is 33.3 Å². The van der Waals surface area contributed by atoms with Gasteiger partial charge in [0.2, 0.25) is 0 Å². The van der Waals surface area contributed by atoms with E-state index in [2.05, 4.69) is 22.3 Å². The molecule has 1 atom stereocenters. The number of rotatable bonds is 5. The quantitative estimate of drug-likeness (QED) is 0.723. The van der Waals surface area contributed by atoms with Crippen molar-refractivity contribution in [1.29, 1.82) is 0 Å². The molecule has 0 fully saturated rings. The number of benzene rings is 2. The zero-order valence-electron chi connectivity index (χ0n) is 15.2. The standard InChI is InChI=1S/C22H20F2N2O2/c23-18-8-7-16(12-19(18)24)22(27)25-13-20(21-6-3-11-28-21)26-10-9-15-4-1-2-5-17(15)14-26/h1-8,11-12,20H,9-10,13-14H2,(H,25,27)/t20-/m0/s1. The Labute approximate surface area is 161 Å². The minimum Gasteiger partial charge on any atom is -0.468 e. The van der Waals surface area contributed by atoms with Crippen LogP contribution in [0.15, 0.2) is 65.3 Å². The third-order valence-electron chi connectivity index (χ3n) is 5.11. The third-order valence-corrected chi connectivity index (χ3v) is 5.11. The molecule has 2 heterocycles. The first-order valence-electron chi connectivity index (χ1n) is 9.19. The smallest absolute Gasteiger partial charge is 0.251 e. The van der Waals surface area contributed by atoms with Crippen LogP contribution in [0.2, 0.25) is 0 Å². The molecular formula is C22H20F2N2O2. The summed E-state index contributed by atoms with van der Waals surface area (Å²) in [6.07, 6.45) is 2.53. The third kappa shape index (κ3) is 3.82. The van der Waals surface area contributed by atoms with Gasteiger partial charge in [-0.2, -0.15) is 0 Å². The van der Waals surface area contributed by atoms with Gasteiger partial charge < -0.3 is 9.73 Å². The Kier molecular flexibility index (Phi) is 5.21. The molecule has 4 nitrogen and oxygen atoms in total. The highest BCUT2D eigenvalue weighted by molar-refractivity contribution is 5.94. The fourth-order valence-electron chi connectivity index (χ4n) is 3.60. The molecule has 0 aliphatic carbocycles. The Morgan fingerprint density at radius 3 is 2.64 bits per heavy atom. The molecule has 4 rings (SSSR count). The van der Waals surface area contributed by atoms with Crippen molar-refractivity contribution >= 4 is 5.91 Å². The van der Waals surface area contributed by atoms with Crippen LogP contribution in [0.25, 0.3) is 0 Å². The number of nitrogens with one attached hydrogen (secondary N) is 1. The molecule has 0 unspecified atom stereocenters. The van der Waals surface area contributed by atoms with E-state index in [0.29, 0.717) is 6.54 Å². The molecule has 1 aliphatic heterocycles. The largest absolute Gasteiger partial charge is 0.468 e. The number of fused-ring (bicyclic) bond motifs is 1. The van der Waals surface area contributed by atoms with Gasteiger partial charge in [0, 0.05) is 25.2 Å². The van der Waals surface area contributed by atoms with Gasteiger partial charge in [-0.05, 0) is 47.9 Å². The highest BCUT2D eigenvalue weighted by Gasteiger charge is 2.27. The van der Waals surface area contributed by atoms with Gasteiger partial charge in [-0.15, -0.1) is 0 Å². The van der Waals surface area contributed by atoms with Gasteiger partial charge in [0.15, 0.2) is 11.6 Å². The van der Waals surface area contributed by atoms with E-state index in [9.17, 15) is 13.6 Å². The lowest BCUT2D eigenvalue weighted by Crippen LogP contribution is -2.40. The van der Waals surface area contributed by atoms with E-state index in [1.807, 2.05) is 24.3 Å². The van der Waals surface area contributed by atoms with Gasteiger partial charge in [-0.3, -0.25) is 9.69 Å². The summed E-state index contributed by atoms with van der Waals surface area (Å²) in [5.74, 6) is -1.71. The van der Waals surface area contributed by atoms with Gasteiger partial charge in [0.05, 0.1) is 12.3 Å². The van der Waals surface area contributed by atoms with Crippen molar-refractivity contribution < 1.29 is 18.0 Å². The lowest BCUT2D eigenvalue weighted by Gasteiger charge is -2.34. The first-order chi connectivity index (χ1) is 13.6. The molecule has 0 saturated heterocycles. The van der Waals surface area contributed by atoms with Crippen LogP contribution in [0.3, 0.4) is 0 Å². The van der Waals surface area contributed by atoms with Crippen LogP contribution in [0.4, 0.5) is 8.78 Å². The molecule has 1 amide bonds. The van der Waals surface area contributed by atoms with E-state index in [1.165, 1.54) is 17.2 Å². The predicted molar refractivity (Wildman–Crippen MR) is 101 cm³/mol. The number of hydrogen-bond donors (Lipinski definition) is 1. The molecule has 28 heavy (non-hydrogen) atoms. The van der Waals surface area contributed by atoms with Gasteiger partial charge in [-0.1, -0.05) is 24.3 Å². The van der Waals surface area contributed by atoms with E-state index in [4.69, 9.17) is 4.42 Å². The SMILES string of the molecule is O=C(NC[C@@H](c1ccco1)N1CCc2ccccc2C1)c1ccc(F)c(F)c1. The molecular weight excluding hydrogens is 362 g/mol. The number of nitrogens with zero attached hydrogens (tertiary/aromatic N) is 1. The van der Waals surface area contributed by atoms with Crippen LogP contribution in [0.5, 0.6) is 0 Å². The topological polar surface area (TPSA) is 45.5 Å². The number of halogens is 2. The minimum atomic E-state index is -1.04. The maximum Gasteiger partial charge on any atom is 0.251 e. The van der Waals surface area contributed by atoms with Crippen LogP contribution < -0.4 is 5.32 Å². The Morgan fingerprint density at radius 1 is 1.07 bits per heavy atom. The Hall–Kier alpha value is -2.99. The zero-order valence-corrected chi connectivity index (χ0v) is 15.2. The second-order valence-electron chi connectivity index (χ2n) is 6.86. The van der Waals surface area contributed by atoms with Crippen LogP contribution >= 0.6 is 0 Å². The van der Waals surface area contributed by atoms with E-state index in [0.717, 1.165) is 37.4 Å². The van der Waals surface area contributed by atoms with Crippen molar-refractivity contribution in [3.05, 3.63) is 94.9 Å². The summed E-state index contributed by atoms with van der Waals surface area (Å²) in [5.41, 5.74) is 2.68. The summed E-state index contributed by atoms with van der Waals surface area (Å²) in [7, 11) is 0. The number of amides is 1. The second kappa shape index (κ2) is 7.94. The number of carbonyl (C=O) groups excluding carboxylic acids is 1. The molecule has 1 aromatic heterocycles. The molecule has 2 aromatic carbocycles. The fraction of sp³-hybridized carbons (Fsp3) is 0.227. The van der Waals surface area contributed by atoms with Gasteiger partial charge in [0.1, 0.15) is 5.76 Å². The predicted octanol–water partition coefficient (Wildman–Crippen LogP) is 4.09. The maximum atomic E-state index is 13.4. The van der Waals surface area contributed by atoms with Crippen molar-refractivity contribution in [2.45, 2.75) is 19.0 Å². The van der Waals surface area contributed by atoms with Crippen molar-refractivity contribution in [2.75, 3.05) is 13.1 Å². The second-order valence-corrected chi connectivity index (χ2v) is 6.86. The van der Waals surface area contributed by atoms with Crippen molar-refractivity contribution in [3.63, 3.8) is 0 Å². The van der Waals surface area contributed by atoms with E-state index < -0.39 is 17.5 Å². The Balaban J connectivity index is 1.50. The summed E-state index contributed by atoms with van der Waals surface area (Å²) in [6.45, 7) is 1.89. The van der Waals surface area contributed by atoms with E-state index in [-0.39, 0.29) is 11.6 Å². The normalized spacial score (nSPS) is 15.1. The molecule has 0 spiro atoms. The summed E-state index contributed by atoms with van der Waals surface area (Å²) in [4.78, 5) is 14.7. The van der Waals surface area contributed by atoms with Crippen LogP contribution in [0, 0.1) is 11.6 Å². The molecule has 6 heteroatoms. The van der Waals surface area contributed by atoms with E-state index in [1.54, 1.807) is 6.26 Å². The lowest BCUT2D eigenvalue weighted by molar-refractivity contribution is 0.0918. The highest BCUT2D eigenvalue weighted by atomic mass is 19.2. The molecule has 0 bridgehead atoms. The first-order valence-corrected chi connectivity index (χ1v) is 9.19. The number of furan rings is 1. The van der Waals surface area contributed by atoms with Gasteiger partial charge in [0.25, 0.3) is 5.91 Å². The maximum absolute atomic E-state index is 13.4. The average molecular weight is 382 g/mol. The Morgan fingerprint density at radius 2 is 1.89 bits per heavy atom. The average Bonchev–Trinajstić information content (AvgIpc) is 3.24. The zero-order chi connectivity index (χ0) is 19.5. The van der Waals surface area contributed by atoms with Gasteiger partial charge >= 0.3 is 0 Å². The first kappa shape index (κ1) is 18.4. The minimum absolute atomic E-state index is 0.0843. The number of hydrogen-bond acceptors (Lipinski definition) is 3. The molecule has 1 N–H and O–H groups in total. The Bertz CT molecular complexity index is 972. The summed E-state index contributed by atoms with van der Waals surface area (Å²) in [6, 6.07) is 15.0. The summed E-state index contributed by atoms with van der Waals surface area (Å²) in [5, 5.41) is 2.83. The summed E-state index contributed by atoms with van der Waals surface area (Å²) >= 11 is 0. The van der Waals surface area contributed by atoms with E-state index >= 15 is 0 Å². The molecule has 3 aromatic rings.